The third kappa shape index (κ3) is 1.42. The highest BCUT2D eigenvalue weighted by molar-refractivity contribution is 7.77. The van der Waals surface area contributed by atoms with Gasteiger partial charge in [-0.05, 0) is 32.4 Å². The van der Waals surface area contributed by atoms with Crippen molar-refractivity contribution in [2.75, 3.05) is 26.7 Å². The van der Waals surface area contributed by atoms with Crippen LogP contribution in [0.5, 0.6) is 0 Å². The van der Waals surface area contributed by atoms with Gasteiger partial charge in [0.25, 0.3) is 0 Å². The maximum atomic E-state index is 4.39. The van der Waals surface area contributed by atoms with E-state index in [-0.39, 0.29) is 0 Å². The summed E-state index contributed by atoms with van der Waals surface area (Å²) in [6, 6.07) is 0.793. The zero-order chi connectivity index (χ0) is 7.84. The molecular formula is C8H16N2S. The van der Waals surface area contributed by atoms with Crippen LogP contribution >= 0.6 is 12.8 Å². The maximum Gasteiger partial charge on any atom is 0.0258 e. The summed E-state index contributed by atoms with van der Waals surface area (Å²) in [7, 11) is 2.23. The van der Waals surface area contributed by atoms with Crippen LogP contribution in [0.2, 0.25) is 0 Å². The predicted octanol–water partition coefficient (Wildman–Crippen LogP) is 0.857. The van der Waals surface area contributed by atoms with Crippen LogP contribution in [0.15, 0.2) is 0 Å². The van der Waals surface area contributed by atoms with Crippen molar-refractivity contribution < 1.29 is 0 Å². The largest absolute Gasteiger partial charge is 0.302 e. The smallest absolute Gasteiger partial charge is 0.0258 e. The SMILES string of the molecule is CN1CC[C@@H]2CCN(S)C[C@@H]21. The second-order valence-corrected chi connectivity index (χ2v) is 4.36. The monoisotopic (exact) mass is 172 g/mol. The van der Waals surface area contributed by atoms with E-state index in [1.807, 2.05) is 0 Å². The van der Waals surface area contributed by atoms with Crippen LogP contribution < -0.4 is 0 Å². The molecule has 2 aliphatic rings. The lowest BCUT2D eigenvalue weighted by Gasteiger charge is -2.34. The van der Waals surface area contributed by atoms with E-state index < -0.39 is 0 Å². The van der Waals surface area contributed by atoms with Crippen molar-refractivity contribution in [1.29, 1.82) is 0 Å². The minimum absolute atomic E-state index is 0.793. The van der Waals surface area contributed by atoms with E-state index >= 15 is 0 Å². The van der Waals surface area contributed by atoms with E-state index in [9.17, 15) is 0 Å². The molecule has 2 heterocycles. The number of hydrogen-bond acceptors (Lipinski definition) is 3. The predicted molar refractivity (Wildman–Crippen MR) is 49.7 cm³/mol. The summed E-state index contributed by atoms with van der Waals surface area (Å²) < 4.78 is 2.16. The number of likely N-dealkylation sites (N-methyl/N-ethyl adjacent to an activating group) is 1. The van der Waals surface area contributed by atoms with Crippen LogP contribution in [0, 0.1) is 5.92 Å². The number of thiol groups is 1. The molecule has 0 aromatic rings. The Morgan fingerprint density at radius 3 is 2.82 bits per heavy atom. The van der Waals surface area contributed by atoms with Crippen molar-refractivity contribution in [2.45, 2.75) is 18.9 Å². The van der Waals surface area contributed by atoms with Crippen LogP contribution in [-0.4, -0.2) is 41.9 Å². The van der Waals surface area contributed by atoms with Gasteiger partial charge in [-0.2, -0.15) is 0 Å². The highest BCUT2D eigenvalue weighted by Crippen LogP contribution is 2.30. The molecule has 2 aliphatic heterocycles. The van der Waals surface area contributed by atoms with E-state index in [1.165, 1.54) is 25.9 Å². The van der Waals surface area contributed by atoms with Gasteiger partial charge in [0.05, 0.1) is 0 Å². The molecule has 0 amide bonds. The number of likely N-dealkylation sites (tertiary alicyclic amines) is 1. The second kappa shape index (κ2) is 2.96. The van der Waals surface area contributed by atoms with Crippen LogP contribution in [0.4, 0.5) is 0 Å². The molecule has 0 spiro atoms. The van der Waals surface area contributed by atoms with E-state index in [4.69, 9.17) is 0 Å². The van der Waals surface area contributed by atoms with E-state index in [2.05, 4.69) is 29.1 Å². The van der Waals surface area contributed by atoms with E-state index in [0.717, 1.165) is 18.5 Å². The molecule has 0 aromatic carbocycles. The Morgan fingerprint density at radius 2 is 2.00 bits per heavy atom. The molecular weight excluding hydrogens is 156 g/mol. The molecule has 0 aromatic heterocycles. The van der Waals surface area contributed by atoms with Crippen LogP contribution in [0.1, 0.15) is 12.8 Å². The summed E-state index contributed by atoms with van der Waals surface area (Å²) in [4.78, 5) is 2.48. The Hall–Kier alpha value is 0.270. The molecule has 64 valence electrons. The first kappa shape index (κ1) is 7.90. The van der Waals surface area contributed by atoms with Gasteiger partial charge >= 0.3 is 0 Å². The van der Waals surface area contributed by atoms with Gasteiger partial charge in [0, 0.05) is 19.1 Å². The molecule has 2 fully saturated rings. The summed E-state index contributed by atoms with van der Waals surface area (Å²) in [5, 5.41) is 0. The summed E-state index contributed by atoms with van der Waals surface area (Å²) in [6.07, 6.45) is 2.75. The number of nitrogens with zero attached hydrogens (tertiary/aromatic N) is 2. The second-order valence-electron chi connectivity index (χ2n) is 3.80. The van der Waals surface area contributed by atoms with E-state index in [0.29, 0.717) is 0 Å². The lowest BCUT2D eigenvalue weighted by atomic mass is 9.93. The molecule has 0 radical (unpaired) electrons. The topological polar surface area (TPSA) is 6.48 Å². The van der Waals surface area contributed by atoms with Crippen molar-refractivity contribution in [3.05, 3.63) is 0 Å². The van der Waals surface area contributed by atoms with Gasteiger partial charge in [0.1, 0.15) is 0 Å². The molecule has 0 saturated carbocycles. The fraction of sp³-hybridized carbons (Fsp3) is 1.00. The van der Waals surface area contributed by atoms with Crippen molar-refractivity contribution >= 4 is 12.8 Å². The Balaban J connectivity index is 2.01. The van der Waals surface area contributed by atoms with Crippen LogP contribution in [0.25, 0.3) is 0 Å². The maximum absolute atomic E-state index is 4.39. The lowest BCUT2D eigenvalue weighted by molar-refractivity contribution is 0.184. The summed E-state index contributed by atoms with van der Waals surface area (Å²) in [6.45, 7) is 3.62. The molecule has 0 aliphatic carbocycles. The van der Waals surface area contributed by atoms with Gasteiger partial charge in [-0.25, -0.2) is 0 Å². The first-order valence-electron chi connectivity index (χ1n) is 4.41. The van der Waals surface area contributed by atoms with Gasteiger partial charge in [-0.3, -0.25) is 4.31 Å². The minimum atomic E-state index is 0.793. The highest BCUT2D eigenvalue weighted by Gasteiger charge is 2.35. The van der Waals surface area contributed by atoms with Crippen molar-refractivity contribution in [3.8, 4) is 0 Å². The molecule has 0 unspecified atom stereocenters. The molecule has 11 heavy (non-hydrogen) atoms. The molecule has 2 rings (SSSR count). The molecule has 0 bridgehead atoms. The van der Waals surface area contributed by atoms with E-state index in [1.54, 1.807) is 0 Å². The summed E-state index contributed by atoms with van der Waals surface area (Å²) >= 11 is 4.39. The molecule has 2 saturated heterocycles. The van der Waals surface area contributed by atoms with Gasteiger partial charge in [0.15, 0.2) is 0 Å². The highest BCUT2D eigenvalue weighted by atomic mass is 32.1. The molecule has 0 N–H and O–H groups in total. The van der Waals surface area contributed by atoms with Crippen molar-refractivity contribution in [2.24, 2.45) is 5.92 Å². The van der Waals surface area contributed by atoms with Gasteiger partial charge in [0.2, 0.25) is 0 Å². The first-order chi connectivity index (χ1) is 5.27. The average Bonchev–Trinajstić information content (AvgIpc) is 2.33. The molecule has 3 heteroatoms. The Kier molecular flexibility index (Phi) is 2.12. The molecule has 2 atom stereocenters. The average molecular weight is 172 g/mol. The van der Waals surface area contributed by atoms with Crippen molar-refractivity contribution in [1.82, 2.24) is 9.21 Å². The number of rotatable bonds is 0. The Morgan fingerprint density at radius 1 is 1.27 bits per heavy atom. The minimum Gasteiger partial charge on any atom is -0.302 e. The summed E-state index contributed by atoms with van der Waals surface area (Å²) in [5.74, 6) is 0.961. The Labute approximate surface area is 74.1 Å². The zero-order valence-electron chi connectivity index (χ0n) is 7.03. The number of hydrogen-bond donors (Lipinski definition) is 1. The van der Waals surface area contributed by atoms with Crippen LogP contribution in [0.3, 0.4) is 0 Å². The lowest BCUT2D eigenvalue weighted by Crippen LogP contribution is -2.43. The Bertz CT molecular complexity index is 151. The third-order valence-electron chi connectivity index (χ3n) is 3.12. The van der Waals surface area contributed by atoms with Gasteiger partial charge in [-0.15, -0.1) is 0 Å². The third-order valence-corrected chi connectivity index (χ3v) is 3.48. The van der Waals surface area contributed by atoms with Crippen LogP contribution in [-0.2, 0) is 0 Å². The van der Waals surface area contributed by atoms with Gasteiger partial charge in [-0.1, -0.05) is 12.8 Å². The fourth-order valence-corrected chi connectivity index (χ4v) is 2.62. The van der Waals surface area contributed by atoms with Gasteiger partial charge < -0.3 is 4.90 Å². The first-order valence-corrected chi connectivity index (χ1v) is 4.81. The zero-order valence-corrected chi connectivity index (χ0v) is 7.93. The fourth-order valence-electron chi connectivity index (χ4n) is 2.33. The van der Waals surface area contributed by atoms with Crippen molar-refractivity contribution in [3.63, 3.8) is 0 Å². The number of piperidine rings is 1. The standard InChI is InChI=1S/C8H16N2S/c1-9-4-2-7-3-5-10(11)6-8(7)9/h7-8,11H,2-6H2,1H3/t7-,8+/m1/s1. The quantitative estimate of drug-likeness (QED) is 0.541. The molecule has 2 nitrogen and oxygen atoms in total. The summed E-state index contributed by atoms with van der Waals surface area (Å²) in [5.41, 5.74) is 0. The normalized spacial score (nSPS) is 40.9. The number of fused-ring (bicyclic) bond motifs is 1.